The van der Waals surface area contributed by atoms with Crippen LogP contribution in [0.3, 0.4) is 0 Å². The Morgan fingerprint density at radius 1 is 1.54 bits per heavy atom. The highest BCUT2D eigenvalue weighted by atomic mass is 16.5. The second kappa shape index (κ2) is 2.73. The Morgan fingerprint density at radius 3 is 2.77 bits per heavy atom. The van der Waals surface area contributed by atoms with E-state index in [0.717, 1.165) is 12.3 Å². The van der Waals surface area contributed by atoms with Crippen molar-refractivity contribution >= 4 is 5.97 Å². The van der Waals surface area contributed by atoms with Crippen molar-refractivity contribution in [3.05, 3.63) is 6.42 Å². The highest BCUT2D eigenvalue weighted by Gasteiger charge is 2.53. The number of fused-ring (bicyclic) bond motifs is 1. The summed E-state index contributed by atoms with van der Waals surface area (Å²) in [5, 5.41) is 0. The van der Waals surface area contributed by atoms with Crippen LogP contribution in [0.5, 0.6) is 0 Å². The summed E-state index contributed by atoms with van der Waals surface area (Å²) in [5.41, 5.74) is 0.329. The van der Waals surface area contributed by atoms with Crippen molar-refractivity contribution in [2.24, 2.45) is 17.3 Å². The largest absolute Gasteiger partial charge is 0.462 e. The van der Waals surface area contributed by atoms with Crippen LogP contribution in [0.1, 0.15) is 33.6 Å². The normalized spacial score (nSPS) is 40.7. The standard InChI is InChI=1S/C11H16O2/c1-7(12)13-9-4-8-5-10(8)11(2,3)6-9/h8-10H,5-6H2,1-3H3. The van der Waals surface area contributed by atoms with Gasteiger partial charge in [0.15, 0.2) is 0 Å². The molecule has 72 valence electrons. The zero-order chi connectivity index (χ0) is 9.64. The van der Waals surface area contributed by atoms with Crippen LogP contribution in [0, 0.1) is 23.7 Å². The molecule has 2 radical (unpaired) electrons. The Labute approximate surface area is 79.7 Å². The Balaban J connectivity index is 1.97. The van der Waals surface area contributed by atoms with E-state index >= 15 is 0 Å². The van der Waals surface area contributed by atoms with Gasteiger partial charge in [0.1, 0.15) is 6.10 Å². The molecule has 0 spiro atoms. The van der Waals surface area contributed by atoms with E-state index in [4.69, 9.17) is 4.74 Å². The van der Waals surface area contributed by atoms with Crippen LogP contribution in [-0.2, 0) is 9.53 Å². The number of esters is 1. The molecule has 0 bridgehead atoms. The van der Waals surface area contributed by atoms with Gasteiger partial charge in [-0.1, -0.05) is 13.8 Å². The third-order valence-electron chi connectivity index (χ3n) is 3.21. The predicted octanol–water partition coefficient (Wildman–Crippen LogP) is 2.07. The van der Waals surface area contributed by atoms with Crippen molar-refractivity contribution in [1.82, 2.24) is 0 Å². The molecule has 2 aliphatic carbocycles. The minimum absolute atomic E-state index is 0.0590. The summed E-state index contributed by atoms with van der Waals surface area (Å²) in [5.74, 6) is 1.19. The van der Waals surface area contributed by atoms with Gasteiger partial charge >= 0.3 is 5.97 Å². The van der Waals surface area contributed by atoms with Crippen LogP contribution in [0.4, 0.5) is 0 Å². The first-order valence-electron chi connectivity index (χ1n) is 4.92. The molecule has 2 fully saturated rings. The lowest BCUT2D eigenvalue weighted by molar-refractivity contribution is -0.147. The number of hydrogen-bond donors (Lipinski definition) is 0. The first kappa shape index (κ1) is 9.04. The fourth-order valence-electron chi connectivity index (χ4n) is 2.45. The highest BCUT2D eigenvalue weighted by molar-refractivity contribution is 5.66. The first-order chi connectivity index (χ1) is 5.99. The maximum atomic E-state index is 10.8. The molecule has 13 heavy (non-hydrogen) atoms. The highest BCUT2D eigenvalue weighted by Crippen LogP contribution is 2.58. The van der Waals surface area contributed by atoms with Crippen LogP contribution in [-0.4, -0.2) is 12.1 Å². The predicted molar refractivity (Wildman–Crippen MR) is 48.8 cm³/mol. The van der Waals surface area contributed by atoms with Crippen molar-refractivity contribution in [2.75, 3.05) is 0 Å². The second-order valence-corrected chi connectivity index (χ2v) is 4.91. The van der Waals surface area contributed by atoms with E-state index in [2.05, 4.69) is 20.3 Å². The molecule has 2 nitrogen and oxygen atoms in total. The van der Waals surface area contributed by atoms with E-state index in [1.807, 2.05) is 0 Å². The van der Waals surface area contributed by atoms with E-state index in [1.165, 1.54) is 13.3 Å². The lowest BCUT2D eigenvalue weighted by Gasteiger charge is -2.33. The number of carbonyl (C=O) groups excluding carboxylic acids is 1. The monoisotopic (exact) mass is 180 g/mol. The molecule has 0 N–H and O–H groups in total. The van der Waals surface area contributed by atoms with Crippen molar-refractivity contribution in [3.8, 4) is 0 Å². The van der Waals surface area contributed by atoms with Crippen LogP contribution in [0.25, 0.3) is 0 Å². The third kappa shape index (κ3) is 1.72. The molecule has 3 atom stereocenters. The number of rotatable bonds is 1. The van der Waals surface area contributed by atoms with Gasteiger partial charge in [-0.15, -0.1) is 0 Å². The minimum Gasteiger partial charge on any atom is -0.462 e. The smallest absolute Gasteiger partial charge is 0.302 e. The van der Waals surface area contributed by atoms with Gasteiger partial charge in [0.2, 0.25) is 0 Å². The molecule has 0 aromatic heterocycles. The fraction of sp³-hybridized carbons (Fsp3) is 0.818. The quantitative estimate of drug-likeness (QED) is 0.577. The number of carbonyl (C=O) groups is 1. The molecular formula is C11H16O2. The second-order valence-electron chi connectivity index (χ2n) is 4.91. The molecule has 0 amide bonds. The maximum Gasteiger partial charge on any atom is 0.302 e. The van der Waals surface area contributed by atoms with Crippen LogP contribution in [0.15, 0.2) is 0 Å². The van der Waals surface area contributed by atoms with Gasteiger partial charge in [-0.25, -0.2) is 0 Å². The van der Waals surface area contributed by atoms with Crippen LogP contribution >= 0.6 is 0 Å². The molecule has 0 aromatic carbocycles. The van der Waals surface area contributed by atoms with E-state index in [9.17, 15) is 4.79 Å². The SMILES string of the molecule is CC(=O)OC1[C]C2CC2C(C)(C)C1. The van der Waals surface area contributed by atoms with Gasteiger partial charge in [-0.05, 0) is 30.1 Å². The molecule has 0 heterocycles. The average Bonchev–Trinajstić information content (AvgIpc) is 2.62. The van der Waals surface area contributed by atoms with Crippen molar-refractivity contribution in [3.63, 3.8) is 0 Å². The van der Waals surface area contributed by atoms with Crippen molar-refractivity contribution < 1.29 is 9.53 Å². The molecule has 2 saturated carbocycles. The number of hydrogen-bond acceptors (Lipinski definition) is 2. The first-order valence-corrected chi connectivity index (χ1v) is 4.92. The third-order valence-corrected chi connectivity index (χ3v) is 3.21. The fourth-order valence-corrected chi connectivity index (χ4v) is 2.45. The molecule has 2 rings (SSSR count). The summed E-state index contributed by atoms with van der Waals surface area (Å²) in [6, 6.07) is 0. The maximum absolute atomic E-state index is 10.8. The van der Waals surface area contributed by atoms with Gasteiger partial charge in [0, 0.05) is 13.3 Å². The van der Waals surface area contributed by atoms with E-state index < -0.39 is 0 Å². The average molecular weight is 180 g/mol. The lowest BCUT2D eigenvalue weighted by atomic mass is 9.75. The van der Waals surface area contributed by atoms with E-state index in [0.29, 0.717) is 11.3 Å². The Bertz CT molecular complexity index is 232. The summed E-state index contributed by atoms with van der Waals surface area (Å²) in [4.78, 5) is 10.8. The molecule has 3 unspecified atom stereocenters. The van der Waals surface area contributed by atoms with Crippen LogP contribution < -0.4 is 0 Å². The van der Waals surface area contributed by atoms with E-state index in [1.54, 1.807) is 0 Å². The van der Waals surface area contributed by atoms with Gasteiger partial charge in [0.05, 0.1) is 0 Å². The van der Waals surface area contributed by atoms with E-state index in [-0.39, 0.29) is 12.1 Å². The summed E-state index contributed by atoms with van der Waals surface area (Å²) < 4.78 is 5.17. The summed E-state index contributed by atoms with van der Waals surface area (Å²) in [6.07, 6.45) is 5.45. The summed E-state index contributed by atoms with van der Waals surface area (Å²) in [7, 11) is 0. The Hall–Kier alpha value is -0.530. The van der Waals surface area contributed by atoms with Crippen molar-refractivity contribution in [2.45, 2.75) is 39.7 Å². The Morgan fingerprint density at radius 2 is 2.23 bits per heavy atom. The molecular weight excluding hydrogens is 164 g/mol. The lowest BCUT2D eigenvalue weighted by Crippen LogP contribution is -2.32. The zero-order valence-corrected chi connectivity index (χ0v) is 8.46. The van der Waals surface area contributed by atoms with Gasteiger partial charge in [0.25, 0.3) is 0 Å². The van der Waals surface area contributed by atoms with Gasteiger partial charge < -0.3 is 4.74 Å². The van der Waals surface area contributed by atoms with Gasteiger partial charge in [-0.2, -0.15) is 0 Å². The number of ether oxygens (including phenoxy) is 1. The zero-order valence-electron chi connectivity index (χ0n) is 8.46. The molecule has 0 saturated heterocycles. The topological polar surface area (TPSA) is 26.3 Å². The molecule has 0 aromatic rings. The molecule has 2 heteroatoms. The summed E-state index contributed by atoms with van der Waals surface area (Å²) in [6.45, 7) is 5.98. The Kier molecular flexibility index (Phi) is 1.90. The van der Waals surface area contributed by atoms with Crippen LogP contribution in [0.2, 0.25) is 0 Å². The minimum atomic E-state index is -0.188. The summed E-state index contributed by atoms with van der Waals surface area (Å²) >= 11 is 0. The van der Waals surface area contributed by atoms with Crippen molar-refractivity contribution in [1.29, 1.82) is 0 Å². The van der Waals surface area contributed by atoms with Gasteiger partial charge in [-0.3, -0.25) is 4.79 Å². The molecule has 0 aliphatic heterocycles. The molecule has 2 aliphatic rings.